The maximum atomic E-state index is 13.2. The zero-order valence-electron chi connectivity index (χ0n) is 11.6. The van der Waals surface area contributed by atoms with E-state index in [2.05, 4.69) is 5.32 Å². The van der Waals surface area contributed by atoms with Crippen LogP contribution in [0.4, 0.5) is 4.39 Å². The van der Waals surface area contributed by atoms with E-state index in [9.17, 15) is 14.0 Å². The highest BCUT2D eigenvalue weighted by atomic mass is 35.5. The van der Waals surface area contributed by atoms with Gasteiger partial charge >= 0.3 is 0 Å². The average molecular weight is 321 g/mol. The number of rotatable bonds is 5. The predicted molar refractivity (Wildman–Crippen MR) is 82.0 cm³/mol. The second kappa shape index (κ2) is 7.04. The molecule has 0 radical (unpaired) electrons. The van der Waals surface area contributed by atoms with E-state index in [-0.39, 0.29) is 17.0 Å². The number of carbonyl (C=O) groups excluding carboxylic acids is 2. The van der Waals surface area contributed by atoms with E-state index in [1.165, 1.54) is 24.3 Å². The molecule has 0 fully saturated rings. The van der Waals surface area contributed by atoms with Gasteiger partial charge in [-0.2, -0.15) is 0 Å². The lowest BCUT2D eigenvalue weighted by molar-refractivity contribution is -0.119. The number of benzene rings is 2. The van der Waals surface area contributed by atoms with Gasteiger partial charge in [-0.05, 0) is 29.8 Å². The average Bonchev–Trinajstić information content (AvgIpc) is 2.46. The third-order valence-electron chi connectivity index (χ3n) is 3.10. The van der Waals surface area contributed by atoms with E-state index < -0.39 is 23.7 Å². The standard InChI is InChI=1S/C16H14ClFN2O2/c17-13-7-2-1-6-12(13)16(22)20-14(15(19)21)9-10-4-3-5-11(18)8-10/h1-8,14H,9H2,(H2,19,21)(H,20,22)/t14-/m0/s1. The Morgan fingerprint density at radius 3 is 2.55 bits per heavy atom. The van der Waals surface area contributed by atoms with E-state index in [1.54, 1.807) is 24.3 Å². The Hall–Kier alpha value is -2.40. The van der Waals surface area contributed by atoms with Crippen LogP contribution in [-0.4, -0.2) is 17.9 Å². The van der Waals surface area contributed by atoms with E-state index in [0.29, 0.717) is 5.56 Å². The first kappa shape index (κ1) is 16.0. The molecule has 2 aromatic rings. The number of carbonyl (C=O) groups is 2. The van der Waals surface area contributed by atoms with Gasteiger partial charge in [0, 0.05) is 6.42 Å². The second-order valence-electron chi connectivity index (χ2n) is 4.74. The van der Waals surface area contributed by atoms with Crippen LogP contribution in [0.5, 0.6) is 0 Å². The third kappa shape index (κ3) is 4.05. The predicted octanol–water partition coefficient (Wildman–Crippen LogP) is 2.31. The number of nitrogens with one attached hydrogen (secondary N) is 1. The van der Waals surface area contributed by atoms with Gasteiger partial charge < -0.3 is 11.1 Å². The van der Waals surface area contributed by atoms with Gasteiger partial charge in [-0.15, -0.1) is 0 Å². The summed E-state index contributed by atoms with van der Waals surface area (Å²) in [6.07, 6.45) is 0.100. The molecule has 22 heavy (non-hydrogen) atoms. The Balaban J connectivity index is 2.14. The van der Waals surface area contributed by atoms with Crippen molar-refractivity contribution in [1.82, 2.24) is 5.32 Å². The van der Waals surface area contributed by atoms with Gasteiger partial charge in [-0.25, -0.2) is 4.39 Å². The van der Waals surface area contributed by atoms with Gasteiger partial charge in [0.05, 0.1) is 10.6 Å². The zero-order chi connectivity index (χ0) is 16.1. The zero-order valence-corrected chi connectivity index (χ0v) is 12.3. The van der Waals surface area contributed by atoms with E-state index in [0.717, 1.165) is 0 Å². The highest BCUT2D eigenvalue weighted by Gasteiger charge is 2.20. The lowest BCUT2D eigenvalue weighted by atomic mass is 10.0. The van der Waals surface area contributed by atoms with Crippen molar-refractivity contribution in [1.29, 1.82) is 0 Å². The van der Waals surface area contributed by atoms with Gasteiger partial charge in [0.15, 0.2) is 0 Å². The second-order valence-corrected chi connectivity index (χ2v) is 5.15. The third-order valence-corrected chi connectivity index (χ3v) is 3.43. The number of hydrogen-bond acceptors (Lipinski definition) is 2. The molecular weight excluding hydrogens is 307 g/mol. The fourth-order valence-corrected chi connectivity index (χ4v) is 2.23. The topological polar surface area (TPSA) is 72.2 Å². The van der Waals surface area contributed by atoms with Crippen LogP contribution in [0.3, 0.4) is 0 Å². The molecule has 0 saturated heterocycles. The summed E-state index contributed by atoms with van der Waals surface area (Å²) in [6.45, 7) is 0. The minimum Gasteiger partial charge on any atom is -0.368 e. The van der Waals surface area contributed by atoms with Gasteiger partial charge in [0.2, 0.25) is 5.91 Å². The van der Waals surface area contributed by atoms with Crippen molar-refractivity contribution in [3.05, 3.63) is 70.5 Å². The molecule has 6 heteroatoms. The minimum atomic E-state index is -0.953. The van der Waals surface area contributed by atoms with Crippen molar-refractivity contribution in [2.75, 3.05) is 0 Å². The minimum absolute atomic E-state index is 0.100. The Morgan fingerprint density at radius 2 is 1.91 bits per heavy atom. The van der Waals surface area contributed by atoms with Crippen LogP contribution in [0.2, 0.25) is 5.02 Å². The summed E-state index contributed by atoms with van der Waals surface area (Å²) in [5.41, 5.74) is 6.11. The number of hydrogen-bond donors (Lipinski definition) is 2. The largest absolute Gasteiger partial charge is 0.368 e. The molecule has 0 aromatic heterocycles. The normalized spacial score (nSPS) is 11.7. The molecule has 2 aromatic carbocycles. The highest BCUT2D eigenvalue weighted by molar-refractivity contribution is 6.33. The van der Waals surface area contributed by atoms with Crippen LogP contribution in [0, 0.1) is 5.82 Å². The fourth-order valence-electron chi connectivity index (χ4n) is 2.00. The Labute approximate surface area is 132 Å². The van der Waals surface area contributed by atoms with Crippen molar-refractivity contribution < 1.29 is 14.0 Å². The van der Waals surface area contributed by atoms with Crippen LogP contribution in [0.15, 0.2) is 48.5 Å². The summed E-state index contributed by atoms with van der Waals surface area (Å²) in [5.74, 6) is -1.63. The molecule has 2 rings (SSSR count). The molecule has 3 N–H and O–H groups in total. The summed E-state index contributed by atoms with van der Waals surface area (Å²) < 4.78 is 13.2. The fraction of sp³-hybridized carbons (Fsp3) is 0.125. The van der Waals surface area contributed by atoms with Crippen LogP contribution in [0.25, 0.3) is 0 Å². The Kier molecular flexibility index (Phi) is 5.12. The molecule has 2 amide bonds. The van der Waals surface area contributed by atoms with Gasteiger partial charge in [0.1, 0.15) is 11.9 Å². The first-order chi connectivity index (χ1) is 10.5. The van der Waals surface area contributed by atoms with Crippen LogP contribution >= 0.6 is 11.6 Å². The van der Waals surface area contributed by atoms with Crippen molar-refractivity contribution in [2.24, 2.45) is 5.73 Å². The van der Waals surface area contributed by atoms with E-state index in [1.807, 2.05) is 0 Å². The van der Waals surface area contributed by atoms with E-state index in [4.69, 9.17) is 17.3 Å². The molecule has 1 atom stereocenters. The lowest BCUT2D eigenvalue weighted by Gasteiger charge is -2.16. The van der Waals surface area contributed by atoms with Crippen molar-refractivity contribution in [2.45, 2.75) is 12.5 Å². The molecule has 114 valence electrons. The molecule has 0 unspecified atom stereocenters. The summed E-state index contributed by atoms with van der Waals surface area (Å²) >= 11 is 5.94. The maximum Gasteiger partial charge on any atom is 0.253 e. The lowest BCUT2D eigenvalue weighted by Crippen LogP contribution is -2.45. The van der Waals surface area contributed by atoms with Crippen LogP contribution in [-0.2, 0) is 11.2 Å². The summed E-state index contributed by atoms with van der Waals surface area (Å²) in [5, 5.41) is 2.79. The quantitative estimate of drug-likeness (QED) is 0.887. The molecule has 0 heterocycles. The Morgan fingerprint density at radius 1 is 1.18 bits per heavy atom. The first-order valence-corrected chi connectivity index (χ1v) is 6.94. The number of nitrogens with two attached hydrogens (primary N) is 1. The van der Waals surface area contributed by atoms with Crippen molar-refractivity contribution in [3.8, 4) is 0 Å². The van der Waals surface area contributed by atoms with Gasteiger partial charge in [0.25, 0.3) is 5.91 Å². The van der Waals surface area contributed by atoms with Crippen LogP contribution in [0.1, 0.15) is 15.9 Å². The SMILES string of the molecule is NC(=O)[C@H](Cc1cccc(F)c1)NC(=O)c1ccccc1Cl. The molecule has 0 saturated carbocycles. The Bertz CT molecular complexity index is 706. The highest BCUT2D eigenvalue weighted by Crippen LogP contribution is 2.15. The van der Waals surface area contributed by atoms with Gasteiger partial charge in [-0.1, -0.05) is 35.9 Å². The molecule has 0 spiro atoms. The molecule has 0 bridgehead atoms. The smallest absolute Gasteiger partial charge is 0.253 e. The molecule has 0 aliphatic heterocycles. The summed E-state index contributed by atoms with van der Waals surface area (Å²) in [7, 11) is 0. The molecule has 0 aliphatic rings. The van der Waals surface area contributed by atoms with E-state index >= 15 is 0 Å². The summed E-state index contributed by atoms with van der Waals surface area (Å²) in [4.78, 5) is 23.7. The van der Waals surface area contributed by atoms with Crippen molar-refractivity contribution >= 4 is 23.4 Å². The first-order valence-electron chi connectivity index (χ1n) is 6.56. The molecule has 0 aliphatic carbocycles. The number of halogens is 2. The summed E-state index contributed by atoms with van der Waals surface area (Å²) in [6, 6.07) is 11.3. The van der Waals surface area contributed by atoms with Gasteiger partial charge in [-0.3, -0.25) is 9.59 Å². The molecule has 4 nitrogen and oxygen atoms in total. The number of amides is 2. The number of primary amides is 1. The van der Waals surface area contributed by atoms with Crippen LogP contribution < -0.4 is 11.1 Å². The van der Waals surface area contributed by atoms with Crippen molar-refractivity contribution in [3.63, 3.8) is 0 Å². The monoisotopic (exact) mass is 320 g/mol. The maximum absolute atomic E-state index is 13.2. The molecular formula is C16H14ClFN2O2.